The summed E-state index contributed by atoms with van der Waals surface area (Å²) in [5, 5.41) is 3.11. The van der Waals surface area contributed by atoms with Crippen LogP contribution in [-0.2, 0) is 4.79 Å². The Morgan fingerprint density at radius 2 is 1.75 bits per heavy atom. The Labute approximate surface area is 122 Å². The Morgan fingerprint density at radius 3 is 2.20 bits per heavy atom. The van der Waals surface area contributed by atoms with E-state index in [1.807, 2.05) is 32.0 Å². The normalized spacial score (nSPS) is 14.9. The van der Waals surface area contributed by atoms with Crippen molar-refractivity contribution in [3.05, 3.63) is 35.9 Å². The first-order chi connectivity index (χ1) is 9.20. The fourth-order valence-corrected chi connectivity index (χ4v) is 2.12. The molecule has 0 spiro atoms. The molecule has 0 aliphatic rings. The summed E-state index contributed by atoms with van der Waals surface area (Å²) in [4.78, 5) is 12.2. The molecular formula is C17H28N2O. The zero-order valence-electron chi connectivity index (χ0n) is 13.3. The van der Waals surface area contributed by atoms with Crippen molar-refractivity contribution >= 4 is 5.91 Å². The van der Waals surface area contributed by atoms with Gasteiger partial charge in [0.2, 0.25) is 5.91 Å². The summed E-state index contributed by atoms with van der Waals surface area (Å²) >= 11 is 0. The zero-order chi connectivity index (χ0) is 15.3. The predicted octanol–water partition coefficient (Wildman–Crippen LogP) is 3.26. The second-order valence-electron chi connectivity index (χ2n) is 7.01. The second-order valence-corrected chi connectivity index (χ2v) is 7.01. The van der Waals surface area contributed by atoms with Crippen LogP contribution in [0.4, 0.5) is 0 Å². The number of hydrogen-bond acceptors (Lipinski definition) is 2. The van der Waals surface area contributed by atoms with Gasteiger partial charge in [-0.15, -0.1) is 0 Å². The van der Waals surface area contributed by atoms with Crippen LogP contribution in [-0.4, -0.2) is 11.9 Å². The van der Waals surface area contributed by atoms with Crippen molar-refractivity contribution in [2.24, 2.45) is 17.1 Å². The van der Waals surface area contributed by atoms with Crippen LogP contribution in [0, 0.1) is 11.3 Å². The van der Waals surface area contributed by atoms with E-state index >= 15 is 0 Å². The summed E-state index contributed by atoms with van der Waals surface area (Å²) in [5.74, 6) is 0.0687. The van der Waals surface area contributed by atoms with Gasteiger partial charge in [0, 0.05) is 0 Å². The maximum absolute atomic E-state index is 12.2. The van der Waals surface area contributed by atoms with Crippen molar-refractivity contribution in [1.29, 1.82) is 0 Å². The minimum atomic E-state index is -0.457. The van der Waals surface area contributed by atoms with Crippen LogP contribution in [0.15, 0.2) is 30.3 Å². The SMILES string of the molecule is CC(C)[C@@H](N)C(=O)NC(CC(C)(C)C)c1ccccc1. The van der Waals surface area contributed by atoms with Crippen LogP contribution < -0.4 is 11.1 Å². The zero-order valence-corrected chi connectivity index (χ0v) is 13.3. The number of amides is 1. The van der Waals surface area contributed by atoms with E-state index in [4.69, 9.17) is 5.73 Å². The number of nitrogens with two attached hydrogens (primary N) is 1. The molecule has 3 N–H and O–H groups in total. The minimum Gasteiger partial charge on any atom is -0.348 e. The van der Waals surface area contributed by atoms with Crippen molar-refractivity contribution in [2.75, 3.05) is 0 Å². The van der Waals surface area contributed by atoms with Gasteiger partial charge in [0.25, 0.3) is 0 Å². The number of benzene rings is 1. The Balaban J connectivity index is 2.87. The molecule has 0 radical (unpaired) electrons. The van der Waals surface area contributed by atoms with E-state index in [1.54, 1.807) is 0 Å². The summed E-state index contributed by atoms with van der Waals surface area (Å²) in [5.41, 5.74) is 7.20. The van der Waals surface area contributed by atoms with Gasteiger partial charge in [-0.1, -0.05) is 65.0 Å². The molecule has 1 amide bonds. The van der Waals surface area contributed by atoms with E-state index < -0.39 is 6.04 Å². The van der Waals surface area contributed by atoms with Crippen molar-refractivity contribution < 1.29 is 4.79 Å². The molecule has 1 unspecified atom stereocenters. The highest BCUT2D eigenvalue weighted by Crippen LogP contribution is 2.29. The molecule has 3 nitrogen and oxygen atoms in total. The Kier molecular flexibility index (Phi) is 5.75. The maximum atomic E-state index is 12.2. The minimum absolute atomic E-state index is 0.00787. The lowest BCUT2D eigenvalue weighted by Gasteiger charge is -2.28. The molecule has 1 aromatic carbocycles. The first-order valence-corrected chi connectivity index (χ1v) is 7.31. The third-order valence-electron chi connectivity index (χ3n) is 3.36. The van der Waals surface area contributed by atoms with Gasteiger partial charge in [0.1, 0.15) is 0 Å². The van der Waals surface area contributed by atoms with E-state index in [-0.39, 0.29) is 23.3 Å². The molecule has 0 saturated heterocycles. The average Bonchev–Trinajstić information content (AvgIpc) is 2.36. The second kappa shape index (κ2) is 6.89. The molecule has 0 aliphatic carbocycles. The predicted molar refractivity (Wildman–Crippen MR) is 84.2 cm³/mol. The molecule has 0 heterocycles. The van der Waals surface area contributed by atoms with Gasteiger partial charge in [-0.2, -0.15) is 0 Å². The van der Waals surface area contributed by atoms with E-state index in [0.717, 1.165) is 12.0 Å². The summed E-state index contributed by atoms with van der Waals surface area (Å²) < 4.78 is 0. The number of hydrogen-bond donors (Lipinski definition) is 2. The highest BCUT2D eigenvalue weighted by atomic mass is 16.2. The van der Waals surface area contributed by atoms with Crippen LogP contribution >= 0.6 is 0 Å². The topological polar surface area (TPSA) is 55.1 Å². The molecule has 1 rings (SSSR count). The van der Waals surface area contributed by atoms with Crippen molar-refractivity contribution in [3.8, 4) is 0 Å². The Morgan fingerprint density at radius 1 is 1.20 bits per heavy atom. The first kappa shape index (κ1) is 16.7. The van der Waals surface area contributed by atoms with Gasteiger partial charge >= 0.3 is 0 Å². The molecule has 2 atom stereocenters. The van der Waals surface area contributed by atoms with Gasteiger partial charge in [0.15, 0.2) is 0 Å². The fourth-order valence-electron chi connectivity index (χ4n) is 2.12. The van der Waals surface area contributed by atoms with E-state index in [0.29, 0.717) is 0 Å². The van der Waals surface area contributed by atoms with Gasteiger partial charge in [0.05, 0.1) is 12.1 Å². The molecule has 0 bridgehead atoms. The lowest BCUT2D eigenvalue weighted by Crippen LogP contribution is -2.45. The van der Waals surface area contributed by atoms with Crippen LogP contribution in [0.3, 0.4) is 0 Å². The van der Waals surface area contributed by atoms with Crippen LogP contribution in [0.2, 0.25) is 0 Å². The molecular weight excluding hydrogens is 248 g/mol. The van der Waals surface area contributed by atoms with Crippen LogP contribution in [0.1, 0.15) is 52.6 Å². The summed E-state index contributed by atoms with van der Waals surface area (Å²) in [6.07, 6.45) is 0.883. The van der Waals surface area contributed by atoms with Crippen molar-refractivity contribution in [2.45, 2.75) is 53.1 Å². The number of nitrogens with one attached hydrogen (secondary N) is 1. The average molecular weight is 276 g/mol. The number of carbonyl (C=O) groups is 1. The summed E-state index contributed by atoms with van der Waals surface area (Å²) in [6.45, 7) is 10.5. The Hall–Kier alpha value is -1.35. The number of rotatable bonds is 5. The first-order valence-electron chi connectivity index (χ1n) is 7.31. The lowest BCUT2D eigenvalue weighted by molar-refractivity contribution is -0.124. The van der Waals surface area contributed by atoms with E-state index in [2.05, 4.69) is 38.2 Å². The molecule has 1 aromatic rings. The molecule has 0 fully saturated rings. The molecule has 112 valence electrons. The van der Waals surface area contributed by atoms with Crippen molar-refractivity contribution in [3.63, 3.8) is 0 Å². The van der Waals surface area contributed by atoms with Gasteiger partial charge in [-0.3, -0.25) is 4.79 Å². The monoisotopic (exact) mass is 276 g/mol. The standard InChI is InChI=1S/C17H28N2O/c1-12(2)15(18)16(20)19-14(11-17(3,4)5)13-9-7-6-8-10-13/h6-10,12,14-15H,11,18H2,1-5H3,(H,19,20)/t14?,15-/m1/s1. The van der Waals surface area contributed by atoms with Gasteiger partial charge in [-0.25, -0.2) is 0 Å². The smallest absolute Gasteiger partial charge is 0.237 e. The molecule has 0 aromatic heterocycles. The molecule has 0 aliphatic heterocycles. The molecule has 0 saturated carbocycles. The van der Waals surface area contributed by atoms with Gasteiger partial charge in [-0.05, 0) is 23.3 Å². The third kappa shape index (κ3) is 5.33. The largest absolute Gasteiger partial charge is 0.348 e. The summed E-state index contributed by atoms with van der Waals surface area (Å²) in [7, 11) is 0. The van der Waals surface area contributed by atoms with Gasteiger partial charge < -0.3 is 11.1 Å². The van der Waals surface area contributed by atoms with E-state index in [9.17, 15) is 4.79 Å². The summed E-state index contributed by atoms with van der Waals surface area (Å²) in [6, 6.07) is 9.64. The number of carbonyl (C=O) groups excluding carboxylic acids is 1. The van der Waals surface area contributed by atoms with Crippen LogP contribution in [0.5, 0.6) is 0 Å². The van der Waals surface area contributed by atoms with Crippen molar-refractivity contribution in [1.82, 2.24) is 5.32 Å². The third-order valence-corrected chi connectivity index (χ3v) is 3.36. The van der Waals surface area contributed by atoms with Crippen LogP contribution in [0.25, 0.3) is 0 Å². The molecule has 20 heavy (non-hydrogen) atoms. The lowest BCUT2D eigenvalue weighted by atomic mass is 9.85. The highest BCUT2D eigenvalue weighted by molar-refractivity contribution is 5.82. The maximum Gasteiger partial charge on any atom is 0.237 e. The van der Waals surface area contributed by atoms with E-state index in [1.165, 1.54) is 0 Å². The fraction of sp³-hybridized carbons (Fsp3) is 0.588. The Bertz CT molecular complexity index is 420. The molecule has 3 heteroatoms. The quantitative estimate of drug-likeness (QED) is 0.867. The highest BCUT2D eigenvalue weighted by Gasteiger charge is 2.25.